The zero-order chi connectivity index (χ0) is 52.6. The number of piperidine rings is 1. The molecule has 5 aromatic rings. The maximum atomic E-state index is 13.2. The number of carbonyl (C=O) groups is 7. The quantitative estimate of drug-likeness (QED) is 0.0397. The molecule has 0 radical (unpaired) electrons. The number of halogens is 3. The Bertz CT molecular complexity index is 2820. The van der Waals surface area contributed by atoms with E-state index in [4.69, 9.17) is 33.2 Å². The van der Waals surface area contributed by atoms with Gasteiger partial charge in [-0.15, -0.1) is 0 Å². The van der Waals surface area contributed by atoms with Crippen molar-refractivity contribution in [3.8, 4) is 5.69 Å². The highest BCUT2D eigenvalue weighted by molar-refractivity contribution is 6.26. The van der Waals surface area contributed by atoms with Crippen LogP contribution >= 0.6 is 0 Å². The number of hydrogen-bond acceptors (Lipinski definition) is 15. The number of nitrogens with one attached hydrogen (secondary N) is 4. The highest BCUT2D eigenvalue weighted by Gasteiger charge is 2.45. The van der Waals surface area contributed by atoms with Crippen LogP contribution in [0.15, 0.2) is 66.9 Å². The molecule has 4 N–H and O–H groups in total. The van der Waals surface area contributed by atoms with Gasteiger partial charge in [0.05, 0.1) is 107 Å². The van der Waals surface area contributed by atoms with E-state index in [2.05, 4.69) is 26.4 Å². The van der Waals surface area contributed by atoms with Crippen molar-refractivity contribution < 1.29 is 79.9 Å². The fourth-order valence-electron chi connectivity index (χ4n) is 7.98. The fourth-order valence-corrected chi connectivity index (χ4v) is 7.98. The number of hydrogen-bond donors (Lipinski definition) is 4. The Balaban J connectivity index is 0.636. The first-order valence-electron chi connectivity index (χ1n) is 23.6. The predicted octanol–water partition coefficient (Wildman–Crippen LogP) is 2.54. The first-order valence-corrected chi connectivity index (χ1v) is 23.6. The van der Waals surface area contributed by atoms with Gasteiger partial charge in [0.15, 0.2) is 5.65 Å². The van der Waals surface area contributed by atoms with E-state index in [0.717, 1.165) is 27.8 Å². The lowest BCUT2D eigenvalue weighted by molar-refractivity contribution is -0.138. The highest BCUT2D eigenvalue weighted by Crippen LogP contribution is 2.35. The lowest BCUT2D eigenvalue weighted by Gasteiger charge is -2.27. The Morgan fingerprint density at radius 3 is 1.92 bits per heavy atom. The minimum absolute atomic E-state index is 0.0111. The Hall–Kier alpha value is -7.13. The van der Waals surface area contributed by atoms with Gasteiger partial charge in [-0.05, 0) is 61.0 Å². The molecule has 0 spiro atoms. The summed E-state index contributed by atoms with van der Waals surface area (Å²) in [6.45, 7) is 2.92. The normalized spacial score (nSPS) is 14.8. The van der Waals surface area contributed by atoms with E-state index in [1.54, 1.807) is 40.7 Å². The van der Waals surface area contributed by atoms with Crippen molar-refractivity contribution in [2.24, 2.45) is 7.05 Å². The molecule has 3 aromatic carbocycles. The molecule has 0 bridgehead atoms. The Labute approximate surface area is 421 Å². The van der Waals surface area contributed by atoms with Crippen LogP contribution in [-0.4, -0.2) is 172 Å². The summed E-state index contributed by atoms with van der Waals surface area (Å²) in [4.78, 5) is 88.5. The number of nitrogens with zero attached hydrogens (tertiary/aromatic N) is 4. The van der Waals surface area contributed by atoms with Crippen molar-refractivity contribution in [2.45, 2.75) is 25.1 Å². The lowest BCUT2D eigenvalue weighted by Crippen LogP contribution is -2.54. The van der Waals surface area contributed by atoms with Gasteiger partial charge in [-0.2, -0.15) is 18.3 Å². The minimum atomic E-state index is -4.46. The van der Waals surface area contributed by atoms with E-state index in [0.29, 0.717) is 35.6 Å². The summed E-state index contributed by atoms with van der Waals surface area (Å²) in [5.41, 5.74) is 1.48. The Morgan fingerprint density at radius 2 is 1.30 bits per heavy atom. The summed E-state index contributed by atoms with van der Waals surface area (Å²) in [6.07, 6.45) is -2.67. The average Bonchev–Trinajstić information content (AvgIpc) is 3.98. The molecule has 0 aliphatic carbocycles. The summed E-state index contributed by atoms with van der Waals surface area (Å²) in [5, 5.41) is 16.2. The summed E-state index contributed by atoms with van der Waals surface area (Å²) in [7, 11) is 1.74. The van der Waals surface area contributed by atoms with E-state index in [-0.39, 0.29) is 134 Å². The number of benzene rings is 3. The van der Waals surface area contributed by atoms with Gasteiger partial charge in [0, 0.05) is 54.8 Å². The molecule has 1 unspecified atom stereocenters. The van der Waals surface area contributed by atoms with Crippen LogP contribution in [0.2, 0.25) is 0 Å². The highest BCUT2D eigenvalue weighted by atomic mass is 19.4. The third kappa shape index (κ3) is 14.3. The largest absolute Gasteiger partial charge is 0.416 e. The third-order valence-corrected chi connectivity index (χ3v) is 11.4. The fraction of sp³-hybridized carbons (Fsp3) is 0.429. The van der Waals surface area contributed by atoms with Crippen LogP contribution in [0.4, 0.5) is 18.9 Å². The monoisotopic (exact) mass is 1040 g/mol. The number of aromatic nitrogens is 3. The molecule has 396 valence electrons. The molecular formula is C49H55F3N8O14. The second-order valence-electron chi connectivity index (χ2n) is 16.6. The van der Waals surface area contributed by atoms with Crippen LogP contribution < -0.4 is 21.3 Å². The van der Waals surface area contributed by atoms with Crippen molar-refractivity contribution >= 4 is 69.0 Å². The molecule has 2 aliphatic rings. The van der Waals surface area contributed by atoms with Gasteiger partial charge < -0.3 is 49.1 Å². The molecule has 22 nitrogen and oxygen atoms in total. The van der Waals surface area contributed by atoms with E-state index in [1.807, 2.05) is 0 Å². The van der Waals surface area contributed by atoms with E-state index < -0.39 is 47.3 Å². The third-order valence-electron chi connectivity index (χ3n) is 11.4. The standard InChI is InChI=1S/C49H55F3N8O14/c1-58-28-36-35-27-31(5-10-38(35)59(44(36)57-58)33-8-6-32(7-9-33)49(50,51)52)45(64)54-14-16-69-18-17-68-15-13-53-41(62)29-73-25-23-71-21-19-70-20-22-72-24-26-74-30-42(63)55-37-4-2-3-34-43(37)48(67)60(47(34)66)39-11-12-40(61)56-46(39)65/h2-10,27-28,39H,11-26,29-30H2,1H3,(H,53,62)(H,54,64)(H,55,63)(H,56,61,65). The van der Waals surface area contributed by atoms with Gasteiger partial charge in [-0.25, -0.2) is 0 Å². The SMILES string of the molecule is Cn1cc2c3cc(C(=O)NCCOCCOCCNC(=O)COCCOCCOCCOCCOCC(=O)Nc4cccc5c4C(=O)N(C4CCC(=O)NC4=O)C5=O)ccc3n(-c3ccc(C(F)(F)F)cc3)c2n1. The van der Waals surface area contributed by atoms with E-state index in [9.17, 15) is 46.7 Å². The van der Waals surface area contributed by atoms with Gasteiger partial charge in [-0.3, -0.25) is 53.0 Å². The Morgan fingerprint density at radius 1 is 0.703 bits per heavy atom. The van der Waals surface area contributed by atoms with Gasteiger partial charge in [0.2, 0.25) is 23.6 Å². The van der Waals surface area contributed by atoms with Gasteiger partial charge in [0.25, 0.3) is 17.7 Å². The molecule has 1 fully saturated rings. The number of rotatable bonds is 29. The molecule has 4 heterocycles. The smallest absolute Gasteiger partial charge is 0.377 e. The maximum Gasteiger partial charge on any atom is 0.416 e. The topological polar surface area (TPSA) is 258 Å². The van der Waals surface area contributed by atoms with Crippen molar-refractivity contribution in [3.63, 3.8) is 0 Å². The number of amides is 7. The second-order valence-corrected chi connectivity index (χ2v) is 16.6. The van der Waals surface area contributed by atoms with Crippen molar-refractivity contribution in [1.29, 1.82) is 0 Å². The van der Waals surface area contributed by atoms with Crippen molar-refractivity contribution in [2.75, 3.05) is 111 Å². The molecule has 1 saturated heterocycles. The summed E-state index contributed by atoms with van der Waals surface area (Å²) >= 11 is 0. The summed E-state index contributed by atoms with van der Waals surface area (Å²) < 4.78 is 80.9. The minimum Gasteiger partial charge on any atom is -0.377 e. The molecular weight excluding hydrogens is 982 g/mol. The number of carbonyl (C=O) groups excluding carboxylic acids is 7. The lowest BCUT2D eigenvalue weighted by atomic mass is 10.0. The van der Waals surface area contributed by atoms with Crippen LogP contribution in [0.1, 0.15) is 49.5 Å². The van der Waals surface area contributed by atoms with E-state index >= 15 is 0 Å². The summed E-state index contributed by atoms with van der Waals surface area (Å²) in [5.74, 6) is -3.84. The number of ether oxygens (including phenoxy) is 7. The Kier molecular flexibility index (Phi) is 19.3. The zero-order valence-electron chi connectivity index (χ0n) is 40.3. The van der Waals surface area contributed by atoms with Crippen LogP contribution in [0, 0.1) is 0 Å². The first-order chi connectivity index (χ1) is 35.7. The zero-order valence-corrected chi connectivity index (χ0v) is 40.3. The molecule has 2 aromatic heterocycles. The molecule has 7 amide bonds. The molecule has 2 aliphatic heterocycles. The van der Waals surface area contributed by atoms with Crippen LogP contribution in [0.25, 0.3) is 27.6 Å². The number of aryl methyl sites for hydroxylation is 1. The van der Waals surface area contributed by atoms with Crippen molar-refractivity contribution in [3.05, 3.63) is 89.1 Å². The van der Waals surface area contributed by atoms with Gasteiger partial charge in [0.1, 0.15) is 19.3 Å². The predicted molar refractivity (Wildman–Crippen MR) is 255 cm³/mol. The van der Waals surface area contributed by atoms with Crippen LogP contribution in [-0.2, 0) is 65.6 Å². The first kappa shape index (κ1) is 54.6. The number of alkyl halides is 3. The summed E-state index contributed by atoms with van der Waals surface area (Å²) in [6, 6.07) is 13.2. The van der Waals surface area contributed by atoms with Crippen molar-refractivity contribution in [1.82, 2.24) is 35.2 Å². The second kappa shape index (κ2) is 26.2. The van der Waals surface area contributed by atoms with Crippen LogP contribution in [0.5, 0.6) is 0 Å². The van der Waals surface area contributed by atoms with Crippen LogP contribution in [0.3, 0.4) is 0 Å². The van der Waals surface area contributed by atoms with Gasteiger partial charge >= 0.3 is 6.18 Å². The van der Waals surface area contributed by atoms with E-state index in [1.165, 1.54) is 30.3 Å². The number of anilines is 1. The molecule has 25 heteroatoms. The maximum absolute atomic E-state index is 13.2. The molecule has 7 rings (SSSR count). The average molecular weight is 1040 g/mol. The molecule has 74 heavy (non-hydrogen) atoms. The van der Waals surface area contributed by atoms with Gasteiger partial charge in [-0.1, -0.05) is 6.07 Å². The molecule has 1 atom stereocenters. The molecule has 0 saturated carbocycles. The number of imide groups is 2. The number of fused-ring (bicyclic) bond motifs is 4.